The molecule has 0 saturated carbocycles. The number of benzene rings is 2. The van der Waals surface area contributed by atoms with Gasteiger partial charge in [0, 0.05) is 16.3 Å². The smallest absolute Gasteiger partial charge is 0.257 e. The standard InChI is InChI=1S/C17H11ClN2O2S/c18-12-5-3-4-11(8-12)16-19-13(9-21-16)10-23-17-20-14-6-1-2-7-15(14)22-17/h1-9H,10H2. The van der Waals surface area contributed by atoms with Crippen molar-refractivity contribution in [3.05, 3.63) is 65.5 Å². The third-order valence-electron chi connectivity index (χ3n) is 3.24. The fourth-order valence-electron chi connectivity index (χ4n) is 2.18. The summed E-state index contributed by atoms with van der Waals surface area (Å²) in [6.07, 6.45) is 1.64. The highest BCUT2D eigenvalue weighted by Gasteiger charge is 2.10. The number of rotatable bonds is 4. The molecule has 0 atom stereocenters. The van der Waals surface area contributed by atoms with Crippen LogP contribution in [0.4, 0.5) is 0 Å². The molecule has 2 heterocycles. The Bertz CT molecular complexity index is 931. The maximum Gasteiger partial charge on any atom is 0.257 e. The van der Waals surface area contributed by atoms with Crippen LogP contribution < -0.4 is 0 Å². The molecule has 6 heteroatoms. The van der Waals surface area contributed by atoms with E-state index in [0.717, 1.165) is 22.4 Å². The van der Waals surface area contributed by atoms with Crippen molar-refractivity contribution >= 4 is 34.5 Å². The van der Waals surface area contributed by atoms with E-state index >= 15 is 0 Å². The van der Waals surface area contributed by atoms with E-state index in [-0.39, 0.29) is 0 Å². The SMILES string of the molecule is Clc1cccc(-c2nc(CSc3nc4ccccc4o3)co2)c1. The highest BCUT2D eigenvalue weighted by atomic mass is 35.5. The number of aromatic nitrogens is 2. The van der Waals surface area contributed by atoms with Crippen LogP contribution in [0, 0.1) is 0 Å². The first-order valence-corrected chi connectivity index (χ1v) is 8.33. The lowest BCUT2D eigenvalue weighted by molar-refractivity contribution is 0.489. The van der Waals surface area contributed by atoms with Crippen molar-refractivity contribution in [2.24, 2.45) is 0 Å². The molecular weight excluding hydrogens is 332 g/mol. The maximum absolute atomic E-state index is 5.99. The minimum atomic E-state index is 0.556. The van der Waals surface area contributed by atoms with Gasteiger partial charge in [-0.15, -0.1) is 0 Å². The number of nitrogens with zero attached hydrogens (tertiary/aromatic N) is 2. The Kier molecular flexibility index (Phi) is 3.81. The van der Waals surface area contributed by atoms with E-state index in [4.69, 9.17) is 20.4 Å². The summed E-state index contributed by atoms with van der Waals surface area (Å²) in [6.45, 7) is 0. The molecular formula is C17H11ClN2O2S. The van der Waals surface area contributed by atoms with Crippen molar-refractivity contribution in [2.45, 2.75) is 11.0 Å². The van der Waals surface area contributed by atoms with Crippen molar-refractivity contribution in [3.8, 4) is 11.5 Å². The highest BCUT2D eigenvalue weighted by molar-refractivity contribution is 7.98. The summed E-state index contributed by atoms with van der Waals surface area (Å²) in [5.41, 5.74) is 3.33. The summed E-state index contributed by atoms with van der Waals surface area (Å²) in [7, 11) is 0. The van der Waals surface area contributed by atoms with E-state index in [2.05, 4.69) is 9.97 Å². The average Bonchev–Trinajstić information content (AvgIpc) is 3.19. The Morgan fingerprint density at radius 1 is 1.04 bits per heavy atom. The fourth-order valence-corrected chi connectivity index (χ4v) is 3.08. The number of para-hydroxylation sites is 2. The number of oxazole rings is 2. The second kappa shape index (κ2) is 6.10. The van der Waals surface area contributed by atoms with Gasteiger partial charge in [-0.3, -0.25) is 0 Å². The van der Waals surface area contributed by atoms with Crippen LogP contribution in [-0.2, 0) is 5.75 Å². The number of hydrogen-bond acceptors (Lipinski definition) is 5. The summed E-state index contributed by atoms with van der Waals surface area (Å²) in [5.74, 6) is 1.18. The summed E-state index contributed by atoms with van der Waals surface area (Å²) in [5, 5.41) is 1.28. The minimum absolute atomic E-state index is 0.556. The van der Waals surface area contributed by atoms with E-state index in [1.807, 2.05) is 48.5 Å². The van der Waals surface area contributed by atoms with E-state index < -0.39 is 0 Å². The zero-order chi connectivity index (χ0) is 15.6. The molecule has 0 unspecified atom stereocenters. The predicted octanol–water partition coefficient (Wildman–Crippen LogP) is 5.43. The molecule has 0 aliphatic carbocycles. The van der Waals surface area contributed by atoms with Crippen LogP contribution in [0.5, 0.6) is 0 Å². The number of hydrogen-bond donors (Lipinski definition) is 0. The van der Waals surface area contributed by atoms with Crippen LogP contribution in [0.2, 0.25) is 5.02 Å². The van der Waals surface area contributed by atoms with Crippen LogP contribution in [0.25, 0.3) is 22.6 Å². The van der Waals surface area contributed by atoms with Gasteiger partial charge in [-0.1, -0.05) is 41.6 Å². The van der Waals surface area contributed by atoms with E-state index in [9.17, 15) is 0 Å². The Hall–Kier alpha value is -2.24. The molecule has 114 valence electrons. The van der Waals surface area contributed by atoms with E-state index in [0.29, 0.717) is 21.9 Å². The molecule has 0 amide bonds. The van der Waals surface area contributed by atoms with Gasteiger partial charge in [0.25, 0.3) is 5.22 Å². The largest absolute Gasteiger partial charge is 0.444 e. The molecule has 23 heavy (non-hydrogen) atoms. The predicted molar refractivity (Wildman–Crippen MR) is 90.5 cm³/mol. The second-order valence-corrected chi connectivity index (χ2v) is 6.25. The van der Waals surface area contributed by atoms with Crippen LogP contribution in [0.3, 0.4) is 0 Å². The van der Waals surface area contributed by atoms with Crippen molar-refractivity contribution in [3.63, 3.8) is 0 Å². The molecule has 0 bridgehead atoms. The summed E-state index contributed by atoms with van der Waals surface area (Å²) >= 11 is 7.47. The zero-order valence-electron chi connectivity index (χ0n) is 11.9. The van der Waals surface area contributed by atoms with Crippen molar-refractivity contribution in [1.82, 2.24) is 9.97 Å². The lowest BCUT2D eigenvalue weighted by atomic mass is 10.2. The second-order valence-electron chi connectivity index (χ2n) is 4.89. The van der Waals surface area contributed by atoms with Gasteiger partial charge in [-0.2, -0.15) is 0 Å². The average molecular weight is 343 g/mol. The number of thioether (sulfide) groups is 1. The Labute approximate surface area is 141 Å². The Balaban J connectivity index is 1.49. The molecule has 2 aromatic carbocycles. The van der Waals surface area contributed by atoms with Crippen molar-refractivity contribution in [2.75, 3.05) is 0 Å². The lowest BCUT2D eigenvalue weighted by Crippen LogP contribution is -1.82. The van der Waals surface area contributed by atoms with Crippen LogP contribution >= 0.6 is 23.4 Å². The molecule has 0 spiro atoms. The third-order valence-corrected chi connectivity index (χ3v) is 4.34. The fraction of sp³-hybridized carbons (Fsp3) is 0.0588. The minimum Gasteiger partial charge on any atom is -0.444 e. The summed E-state index contributed by atoms with van der Waals surface area (Å²) in [6, 6.07) is 15.1. The molecule has 4 aromatic rings. The quantitative estimate of drug-likeness (QED) is 0.463. The monoisotopic (exact) mass is 342 g/mol. The number of fused-ring (bicyclic) bond motifs is 1. The van der Waals surface area contributed by atoms with Gasteiger partial charge in [0.2, 0.25) is 5.89 Å². The molecule has 4 nitrogen and oxygen atoms in total. The van der Waals surface area contributed by atoms with Gasteiger partial charge in [-0.05, 0) is 30.3 Å². The normalized spacial score (nSPS) is 11.2. The van der Waals surface area contributed by atoms with Crippen LogP contribution in [-0.4, -0.2) is 9.97 Å². The first-order valence-electron chi connectivity index (χ1n) is 6.97. The van der Waals surface area contributed by atoms with Gasteiger partial charge >= 0.3 is 0 Å². The topological polar surface area (TPSA) is 52.1 Å². The first-order chi connectivity index (χ1) is 11.3. The summed E-state index contributed by atoms with van der Waals surface area (Å²) < 4.78 is 11.2. The zero-order valence-corrected chi connectivity index (χ0v) is 13.5. The van der Waals surface area contributed by atoms with E-state index in [1.165, 1.54) is 11.8 Å². The molecule has 0 N–H and O–H groups in total. The van der Waals surface area contributed by atoms with Gasteiger partial charge in [-0.25, -0.2) is 9.97 Å². The van der Waals surface area contributed by atoms with Gasteiger partial charge < -0.3 is 8.83 Å². The number of halogens is 1. The van der Waals surface area contributed by atoms with E-state index in [1.54, 1.807) is 6.26 Å². The van der Waals surface area contributed by atoms with Crippen LogP contribution in [0.15, 0.2) is 68.9 Å². The van der Waals surface area contributed by atoms with Crippen molar-refractivity contribution in [1.29, 1.82) is 0 Å². The molecule has 0 aliphatic rings. The molecule has 0 saturated heterocycles. The highest BCUT2D eigenvalue weighted by Crippen LogP contribution is 2.27. The Morgan fingerprint density at radius 3 is 2.83 bits per heavy atom. The third kappa shape index (κ3) is 3.11. The van der Waals surface area contributed by atoms with Gasteiger partial charge in [0.15, 0.2) is 5.58 Å². The molecule has 0 fully saturated rings. The molecule has 4 rings (SSSR count). The molecule has 0 aliphatic heterocycles. The maximum atomic E-state index is 5.99. The first kappa shape index (κ1) is 14.4. The van der Waals surface area contributed by atoms with Gasteiger partial charge in [0.05, 0.1) is 5.69 Å². The lowest BCUT2D eigenvalue weighted by Gasteiger charge is -1.95. The van der Waals surface area contributed by atoms with Crippen molar-refractivity contribution < 1.29 is 8.83 Å². The molecule has 0 radical (unpaired) electrons. The van der Waals surface area contributed by atoms with Gasteiger partial charge in [0.1, 0.15) is 11.8 Å². The van der Waals surface area contributed by atoms with Crippen LogP contribution in [0.1, 0.15) is 5.69 Å². The summed E-state index contributed by atoms with van der Waals surface area (Å²) in [4.78, 5) is 8.90. The Morgan fingerprint density at radius 2 is 1.96 bits per heavy atom. The molecule has 2 aromatic heterocycles.